The van der Waals surface area contributed by atoms with Crippen molar-refractivity contribution in [3.05, 3.63) is 0 Å². The van der Waals surface area contributed by atoms with Crippen molar-refractivity contribution in [1.82, 2.24) is 0 Å². The average Bonchev–Trinajstić information content (AvgIpc) is 3.07. The van der Waals surface area contributed by atoms with E-state index >= 15 is 0 Å². The van der Waals surface area contributed by atoms with Crippen LogP contribution < -0.4 is 0 Å². The topological polar surface area (TPSA) is 55.9 Å². The van der Waals surface area contributed by atoms with Crippen LogP contribution in [0.25, 0.3) is 0 Å². The lowest BCUT2D eigenvalue weighted by molar-refractivity contribution is -0.382. The second kappa shape index (κ2) is 4.87. The normalized spacial score (nSPS) is 21.5. The van der Waals surface area contributed by atoms with Crippen molar-refractivity contribution in [3.8, 4) is 0 Å². The molecule has 0 aromatic heterocycles. The molecule has 1 fully saturated rings. The molecular formula is C7H5F9O4S. The van der Waals surface area contributed by atoms with Crippen molar-refractivity contribution in [1.29, 1.82) is 0 Å². The first-order valence-electron chi connectivity index (χ1n) is 4.78. The number of alkyl halides is 9. The molecule has 0 radical (unpaired) electrons. The number of halogens is 9. The summed E-state index contributed by atoms with van der Waals surface area (Å²) in [4.78, 5) is 0. The molecule has 0 amide bonds. The molecule has 0 aromatic carbocycles. The Bertz CT molecular complexity index is 493. The number of epoxide rings is 1. The summed E-state index contributed by atoms with van der Waals surface area (Å²) in [5.74, 6) is -14.6. The minimum atomic E-state index is -7.30. The van der Waals surface area contributed by atoms with E-state index in [9.17, 15) is 47.9 Å². The van der Waals surface area contributed by atoms with Gasteiger partial charge in [-0.15, -0.1) is 0 Å². The van der Waals surface area contributed by atoms with E-state index in [1.807, 2.05) is 0 Å². The van der Waals surface area contributed by atoms with Crippen LogP contribution in [0, 0.1) is 0 Å². The van der Waals surface area contributed by atoms with E-state index in [-0.39, 0.29) is 6.61 Å². The average molecular weight is 356 g/mol. The largest absolute Gasteiger partial charge is 0.460 e. The summed E-state index contributed by atoms with van der Waals surface area (Å²) >= 11 is 0. The van der Waals surface area contributed by atoms with Gasteiger partial charge < -0.3 is 4.74 Å². The molecule has 1 aliphatic heterocycles. The van der Waals surface area contributed by atoms with Gasteiger partial charge in [-0.3, -0.25) is 4.18 Å². The van der Waals surface area contributed by atoms with E-state index in [0.29, 0.717) is 0 Å². The van der Waals surface area contributed by atoms with Crippen molar-refractivity contribution < 1.29 is 56.9 Å². The molecule has 14 heteroatoms. The van der Waals surface area contributed by atoms with E-state index in [4.69, 9.17) is 0 Å². The van der Waals surface area contributed by atoms with Crippen molar-refractivity contribution in [2.45, 2.75) is 29.4 Å². The van der Waals surface area contributed by atoms with E-state index in [2.05, 4.69) is 8.92 Å². The number of hydrogen-bond acceptors (Lipinski definition) is 4. The number of hydrogen-bond donors (Lipinski definition) is 0. The van der Waals surface area contributed by atoms with Crippen LogP contribution in [0.15, 0.2) is 0 Å². The highest BCUT2D eigenvalue weighted by Gasteiger charge is 2.85. The fourth-order valence-corrected chi connectivity index (χ4v) is 1.84. The van der Waals surface area contributed by atoms with Gasteiger partial charge in [0.1, 0.15) is 6.10 Å². The zero-order chi connectivity index (χ0) is 16.9. The molecule has 1 unspecified atom stereocenters. The predicted molar refractivity (Wildman–Crippen MR) is 45.5 cm³/mol. The molecule has 0 aliphatic carbocycles. The van der Waals surface area contributed by atoms with Crippen molar-refractivity contribution in [2.24, 2.45) is 0 Å². The van der Waals surface area contributed by atoms with Crippen LogP contribution >= 0.6 is 0 Å². The Labute approximate surface area is 110 Å². The van der Waals surface area contributed by atoms with Gasteiger partial charge in [-0.2, -0.15) is 47.9 Å². The Balaban J connectivity index is 3.13. The first kappa shape index (κ1) is 18.3. The number of ether oxygens (including phenoxy) is 1. The maximum Gasteiger partial charge on any atom is 0.460 e. The van der Waals surface area contributed by atoms with Gasteiger partial charge in [0, 0.05) is 0 Å². The van der Waals surface area contributed by atoms with Crippen LogP contribution in [0.3, 0.4) is 0 Å². The van der Waals surface area contributed by atoms with Gasteiger partial charge in [-0.1, -0.05) is 0 Å². The molecule has 1 rings (SSSR count). The van der Waals surface area contributed by atoms with Gasteiger partial charge in [0.25, 0.3) is 0 Å². The quantitative estimate of drug-likeness (QED) is 0.416. The Morgan fingerprint density at radius 1 is 0.952 bits per heavy atom. The number of rotatable bonds is 6. The van der Waals surface area contributed by atoms with Crippen LogP contribution in [0.1, 0.15) is 0 Å². The molecule has 21 heavy (non-hydrogen) atoms. The Morgan fingerprint density at radius 2 is 1.38 bits per heavy atom. The van der Waals surface area contributed by atoms with Crippen molar-refractivity contribution in [3.63, 3.8) is 0 Å². The molecular weight excluding hydrogens is 351 g/mol. The Kier molecular flexibility index (Phi) is 4.24. The van der Waals surface area contributed by atoms with Gasteiger partial charge in [0.15, 0.2) is 0 Å². The van der Waals surface area contributed by atoms with E-state index in [1.165, 1.54) is 0 Å². The van der Waals surface area contributed by atoms with E-state index in [1.54, 1.807) is 0 Å². The minimum absolute atomic E-state index is 0.170. The maximum absolute atomic E-state index is 13.0. The lowest BCUT2D eigenvalue weighted by atomic mass is 10.1. The molecule has 0 N–H and O–H groups in total. The Morgan fingerprint density at radius 3 is 1.71 bits per heavy atom. The van der Waals surface area contributed by atoms with Crippen LogP contribution in [-0.4, -0.2) is 51.0 Å². The zero-order valence-electron chi connectivity index (χ0n) is 9.43. The van der Waals surface area contributed by atoms with Crippen molar-refractivity contribution >= 4 is 10.1 Å². The third-order valence-corrected chi connectivity index (χ3v) is 3.57. The summed E-state index contributed by atoms with van der Waals surface area (Å²) < 4.78 is 141. The molecule has 0 bridgehead atoms. The summed E-state index contributed by atoms with van der Waals surface area (Å²) in [5.41, 5.74) is 0. The fraction of sp³-hybridized carbons (Fsp3) is 1.00. The molecule has 0 saturated carbocycles. The highest BCUT2D eigenvalue weighted by Crippen LogP contribution is 2.54. The Hall–Kier alpha value is -0.760. The smallest absolute Gasteiger partial charge is 0.371 e. The molecule has 1 heterocycles. The summed E-state index contributed by atoms with van der Waals surface area (Å²) in [5, 5.41) is -6.81. The predicted octanol–water partition coefficient (Wildman–Crippen LogP) is 2.16. The van der Waals surface area contributed by atoms with Crippen molar-refractivity contribution in [2.75, 3.05) is 13.2 Å². The second-order valence-corrected chi connectivity index (χ2v) is 5.51. The molecule has 1 atom stereocenters. The van der Waals surface area contributed by atoms with Gasteiger partial charge >= 0.3 is 33.4 Å². The lowest BCUT2D eigenvalue weighted by Crippen LogP contribution is -2.63. The molecule has 0 aromatic rings. The molecule has 1 saturated heterocycles. The molecule has 126 valence electrons. The lowest BCUT2D eigenvalue weighted by Gasteiger charge is -2.32. The zero-order valence-corrected chi connectivity index (χ0v) is 10.3. The minimum Gasteiger partial charge on any atom is -0.371 e. The highest BCUT2D eigenvalue weighted by atomic mass is 32.2. The third-order valence-electron chi connectivity index (χ3n) is 2.24. The SMILES string of the molecule is O=S(=O)(OCC1CO1)C(F)(F)C(F)(F)C(F)(F)C(F)(F)F. The molecule has 4 nitrogen and oxygen atoms in total. The maximum atomic E-state index is 13.0. The summed E-state index contributed by atoms with van der Waals surface area (Å²) in [6.07, 6.45) is -8.15. The first-order chi connectivity index (χ1) is 9.08. The van der Waals surface area contributed by atoms with Gasteiger partial charge in [-0.05, 0) is 0 Å². The fourth-order valence-electron chi connectivity index (χ4n) is 0.922. The van der Waals surface area contributed by atoms with Gasteiger partial charge in [0.05, 0.1) is 13.2 Å². The summed E-state index contributed by atoms with van der Waals surface area (Å²) in [6.45, 7) is -1.39. The monoisotopic (exact) mass is 356 g/mol. The van der Waals surface area contributed by atoms with E-state index < -0.39 is 46.1 Å². The standard InChI is InChI=1S/C7H5F9O4S/c8-4(9,6(12,13)14)5(10,11)7(15,16)21(17,18)20-2-3-1-19-3/h3H,1-2H2. The van der Waals surface area contributed by atoms with Crippen LogP contribution in [0.4, 0.5) is 39.5 Å². The summed E-state index contributed by atoms with van der Waals surface area (Å²) in [7, 11) is -6.76. The van der Waals surface area contributed by atoms with Gasteiger partial charge in [0.2, 0.25) is 0 Å². The molecule has 0 spiro atoms. The highest BCUT2D eigenvalue weighted by molar-refractivity contribution is 7.87. The van der Waals surface area contributed by atoms with Gasteiger partial charge in [-0.25, -0.2) is 0 Å². The molecule has 1 aliphatic rings. The van der Waals surface area contributed by atoms with Crippen LogP contribution in [0.5, 0.6) is 0 Å². The van der Waals surface area contributed by atoms with E-state index in [0.717, 1.165) is 0 Å². The van der Waals surface area contributed by atoms with Crippen LogP contribution in [-0.2, 0) is 19.0 Å². The second-order valence-electron chi connectivity index (χ2n) is 3.86. The third kappa shape index (κ3) is 2.92. The first-order valence-corrected chi connectivity index (χ1v) is 6.19. The van der Waals surface area contributed by atoms with Crippen LogP contribution in [0.2, 0.25) is 0 Å². The summed E-state index contributed by atoms with van der Waals surface area (Å²) in [6, 6.07) is 0.